The molecule has 0 unspecified atom stereocenters. The Balaban J connectivity index is 1.54. The molecule has 3 aromatic carbocycles. The number of phenolic OH excluding ortho intramolecular Hbond substituents is 1. The van der Waals surface area contributed by atoms with E-state index in [1.807, 2.05) is 12.1 Å². The summed E-state index contributed by atoms with van der Waals surface area (Å²) < 4.78 is 5.43. The third kappa shape index (κ3) is 2.43. The number of fused-ring (bicyclic) bond motifs is 7. The highest BCUT2D eigenvalue weighted by molar-refractivity contribution is 6.05. The van der Waals surface area contributed by atoms with Gasteiger partial charge in [-0.1, -0.05) is 43.5 Å². The van der Waals surface area contributed by atoms with Crippen LogP contribution in [-0.4, -0.2) is 12.2 Å². The van der Waals surface area contributed by atoms with Crippen LogP contribution < -0.4 is 4.74 Å². The van der Waals surface area contributed by atoms with E-state index < -0.39 is 0 Å². The van der Waals surface area contributed by atoms with Gasteiger partial charge in [0.15, 0.2) is 0 Å². The Kier molecular flexibility index (Phi) is 3.97. The van der Waals surface area contributed by atoms with Crippen molar-refractivity contribution in [1.82, 2.24) is 0 Å². The highest BCUT2D eigenvalue weighted by Gasteiger charge is 2.49. The molecule has 0 saturated heterocycles. The summed E-state index contributed by atoms with van der Waals surface area (Å²) in [6.07, 6.45) is 12.1. The molecule has 154 valence electrons. The molecule has 30 heavy (non-hydrogen) atoms. The predicted octanol–water partition coefficient (Wildman–Crippen LogP) is 7.35. The quantitative estimate of drug-likeness (QED) is 0.464. The molecule has 3 aliphatic carbocycles. The number of aromatic hydroxyl groups is 1. The van der Waals surface area contributed by atoms with Gasteiger partial charge in [-0.3, -0.25) is 0 Å². The number of hydrogen-bond donors (Lipinski definition) is 1. The van der Waals surface area contributed by atoms with Gasteiger partial charge in [0.05, 0.1) is 7.11 Å². The second-order valence-electron chi connectivity index (χ2n) is 9.92. The summed E-state index contributed by atoms with van der Waals surface area (Å²) in [6.45, 7) is 0. The summed E-state index contributed by atoms with van der Waals surface area (Å²) in [5, 5.41) is 13.1. The van der Waals surface area contributed by atoms with Crippen molar-refractivity contribution in [3.8, 4) is 22.6 Å². The van der Waals surface area contributed by atoms with Gasteiger partial charge in [-0.05, 0) is 95.8 Å². The predicted molar refractivity (Wildman–Crippen MR) is 122 cm³/mol. The first-order valence-electron chi connectivity index (χ1n) is 11.6. The summed E-state index contributed by atoms with van der Waals surface area (Å²) in [6, 6.07) is 17.2. The first-order valence-corrected chi connectivity index (χ1v) is 11.6. The van der Waals surface area contributed by atoms with Crippen LogP contribution in [0, 0.1) is 5.41 Å². The van der Waals surface area contributed by atoms with Gasteiger partial charge < -0.3 is 9.84 Å². The van der Waals surface area contributed by atoms with Gasteiger partial charge in [0.2, 0.25) is 0 Å². The fourth-order valence-electron chi connectivity index (χ4n) is 6.99. The molecular weight excluding hydrogens is 368 g/mol. The summed E-state index contributed by atoms with van der Waals surface area (Å²) in [7, 11) is 1.68. The van der Waals surface area contributed by atoms with Crippen molar-refractivity contribution < 1.29 is 9.84 Å². The molecule has 2 fully saturated rings. The van der Waals surface area contributed by atoms with Crippen LogP contribution in [0.15, 0.2) is 48.5 Å². The number of rotatable bonds is 1. The normalized spacial score (nSPS) is 21.0. The molecule has 0 atom stereocenters. The summed E-state index contributed by atoms with van der Waals surface area (Å²) in [4.78, 5) is 0. The number of methoxy groups -OCH3 is 1. The van der Waals surface area contributed by atoms with Gasteiger partial charge in [-0.15, -0.1) is 0 Å². The molecule has 2 spiro atoms. The molecule has 0 aliphatic heterocycles. The van der Waals surface area contributed by atoms with Gasteiger partial charge >= 0.3 is 0 Å². The minimum Gasteiger partial charge on any atom is -0.507 e. The Labute approximate surface area is 178 Å². The van der Waals surface area contributed by atoms with E-state index in [1.165, 1.54) is 80.0 Å². The van der Waals surface area contributed by atoms with E-state index in [2.05, 4.69) is 36.4 Å². The number of benzene rings is 3. The zero-order chi connectivity index (χ0) is 20.3. The highest BCUT2D eigenvalue weighted by Crippen LogP contribution is 2.62. The SMILES string of the molecule is COc1ccc2c3c(cc(O)c2c1)C1(CCC2(CCCCC2)CC1)c1ccccc1-3. The average Bonchev–Trinajstić information content (AvgIpc) is 3.06. The molecule has 0 radical (unpaired) electrons. The number of phenols is 1. The minimum atomic E-state index is 0.0558. The largest absolute Gasteiger partial charge is 0.507 e. The first-order chi connectivity index (χ1) is 14.7. The topological polar surface area (TPSA) is 29.5 Å². The summed E-state index contributed by atoms with van der Waals surface area (Å²) >= 11 is 0. The van der Waals surface area contributed by atoms with E-state index in [9.17, 15) is 5.11 Å². The lowest BCUT2D eigenvalue weighted by atomic mass is 9.56. The monoisotopic (exact) mass is 398 g/mol. The third-order valence-electron chi connectivity index (χ3n) is 8.63. The fraction of sp³-hybridized carbons (Fsp3) is 0.429. The van der Waals surface area contributed by atoms with Crippen LogP contribution in [0.25, 0.3) is 21.9 Å². The second kappa shape index (κ2) is 6.51. The second-order valence-corrected chi connectivity index (χ2v) is 9.92. The van der Waals surface area contributed by atoms with E-state index >= 15 is 0 Å². The first kappa shape index (κ1) is 18.3. The maximum absolute atomic E-state index is 11.0. The molecule has 1 N–H and O–H groups in total. The van der Waals surface area contributed by atoms with Gasteiger partial charge in [0.25, 0.3) is 0 Å². The molecule has 2 nitrogen and oxygen atoms in total. The van der Waals surface area contributed by atoms with E-state index in [1.54, 1.807) is 7.11 Å². The molecule has 0 heterocycles. The summed E-state index contributed by atoms with van der Waals surface area (Å²) in [5.74, 6) is 1.17. The standard InChI is InChI=1S/C28H30O2/c1-30-19-9-10-20-22(17-19)25(29)18-24-26(20)21-7-3-4-8-23(21)28(24)15-13-27(14-16-28)11-5-2-6-12-27/h3-4,7-10,17-18,29H,2,5-6,11-16H2,1H3. The third-order valence-corrected chi connectivity index (χ3v) is 8.63. The highest BCUT2D eigenvalue weighted by atomic mass is 16.5. The van der Waals surface area contributed by atoms with Gasteiger partial charge in [0, 0.05) is 10.8 Å². The smallest absolute Gasteiger partial charge is 0.123 e. The molecule has 3 aromatic rings. The van der Waals surface area contributed by atoms with E-state index in [-0.39, 0.29) is 5.41 Å². The fourth-order valence-corrected chi connectivity index (χ4v) is 6.99. The summed E-state index contributed by atoms with van der Waals surface area (Å²) in [5.41, 5.74) is 6.16. The van der Waals surface area contributed by atoms with Crippen LogP contribution >= 0.6 is 0 Å². The van der Waals surface area contributed by atoms with Crippen LogP contribution in [0.3, 0.4) is 0 Å². The van der Waals surface area contributed by atoms with Crippen LogP contribution in [0.5, 0.6) is 11.5 Å². The molecule has 3 aliphatic rings. The lowest BCUT2D eigenvalue weighted by molar-refractivity contribution is 0.0951. The van der Waals surface area contributed by atoms with Crippen molar-refractivity contribution >= 4 is 10.8 Å². The Morgan fingerprint density at radius 1 is 0.767 bits per heavy atom. The number of hydrogen-bond acceptors (Lipinski definition) is 2. The molecule has 0 aromatic heterocycles. The molecule has 2 heteroatoms. The Bertz CT molecular complexity index is 1130. The van der Waals surface area contributed by atoms with Crippen molar-refractivity contribution in [2.24, 2.45) is 5.41 Å². The number of ether oxygens (including phenoxy) is 1. The van der Waals surface area contributed by atoms with Crippen LogP contribution in [-0.2, 0) is 5.41 Å². The molecule has 0 bridgehead atoms. The van der Waals surface area contributed by atoms with Crippen LogP contribution in [0.2, 0.25) is 0 Å². The van der Waals surface area contributed by atoms with E-state index in [4.69, 9.17) is 4.74 Å². The van der Waals surface area contributed by atoms with E-state index in [0.29, 0.717) is 11.2 Å². The molecule has 0 amide bonds. The molecule has 6 rings (SSSR count). The van der Waals surface area contributed by atoms with Crippen LogP contribution in [0.4, 0.5) is 0 Å². The van der Waals surface area contributed by atoms with Crippen LogP contribution in [0.1, 0.15) is 68.9 Å². The maximum Gasteiger partial charge on any atom is 0.123 e. The lowest BCUT2D eigenvalue weighted by Gasteiger charge is -2.48. The average molecular weight is 399 g/mol. The van der Waals surface area contributed by atoms with Gasteiger partial charge in [-0.25, -0.2) is 0 Å². The zero-order valence-corrected chi connectivity index (χ0v) is 17.8. The van der Waals surface area contributed by atoms with Crippen molar-refractivity contribution in [3.05, 3.63) is 59.7 Å². The van der Waals surface area contributed by atoms with Gasteiger partial charge in [0.1, 0.15) is 11.5 Å². The molecular formula is C28H30O2. The molecule has 2 saturated carbocycles. The van der Waals surface area contributed by atoms with Crippen molar-refractivity contribution in [2.45, 2.75) is 63.2 Å². The Morgan fingerprint density at radius 2 is 1.53 bits per heavy atom. The Morgan fingerprint density at radius 3 is 2.30 bits per heavy atom. The lowest BCUT2D eigenvalue weighted by Crippen LogP contribution is -2.38. The van der Waals surface area contributed by atoms with Crippen molar-refractivity contribution in [3.63, 3.8) is 0 Å². The van der Waals surface area contributed by atoms with Crippen molar-refractivity contribution in [1.29, 1.82) is 0 Å². The maximum atomic E-state index is 11.0. The Hall–Kier alpha value is -2.48. The van der Waals surface area contributed by atoms with Gasteiger partial charge in [-0.2, -0.15) is 0 Å². The zero-order valence-electron chi connectivity index (χ0n) is 17.8. The van der Waals surface area contributed by atoms with E-state index in [0.717, 1.165) is 16.5 Å². The minimum absolute atomic E-state index is 0.0558. The van der Waals surface area contributed by atoms with Crippen molar-refractivity contribution in [2.75, 3.05) is 7.11 Å².